The Morgan fingerprint density at radius 2 is 1.66 bits per heavy atom. The minimum Gasteiger partial charge on any atom is -0.497 e. The van der Waals surface area contributed by atoms with E-state index in [1.54, 1.807) is 49.4 Å². The topological polar surface area (TPSA) is 87.1 Å². The Hall–Kier alpha value is -4.25. The zero-order valence-electron chi connectivity index (χ0n) is 20.2. The molecule has 0 aliphatic carbocycles. The van der Waals surface area contributed by atoms with Crippen molar-refractivity contribution in [3.05, 3.63) is 77.3 Å². The summed E-state index contributed by atoms with van der Waals surface area (Å²) in [6, 6.07) is 17.9. The van der Waals surface area contributed by atoms with Gasteiger partial charge in [0, 0.05) is 5.56 Å². The van der Waals surface area contributed by atoms with E-state index in [4.69, 9.17) is 24.3 Å². The molecular weight excluding hydrogens is 523 g/mol. The van der Waals surface area contributed by atoms with Gasteiger partial charge in [-0.2, -0.15) is 0 Å². The first-order valence-corrected chi connectivity index (χ1v) is 12.0. The molecule has 198 valence electrons. The quantitative estimate of drug-likeness (QED) is 0.236. The second kappa shape index (κ2) is 11.4. The zero-order chi connectivity index (χ0) is 27.3. The molecule has 0 fully saturated rings. The fourth-order valence-corrected chi connectivity index (χ4v) is 4.58. The van der Waals surface area contributed by atoms with Gasteiger partial charge in [-0.15, -0.1) is 24.5 Å². The van der Waals surface area contributed by atoms with Gasteiger partial charge >= 0.3 is 12.3 Å². The number of carbonyl (C=O) groups is 1. The number of carboxylic acid groups (broad SMARTS) is 1. The van der Waals surface area contributed by atoms with Gasteiger partial charge in [0.05, 0.1) is 17.7 Å². The number of methoxy groups -OCH3 is 1. The summed E-state index contributed by atoms with van der Waals surface area (Å²) in [6.07, 6.45) is -4.81. The van der Waals surface area contributed by atoms with Gasteiger partial charge in [0.2, 0.25) is 0 Å². The van der Waals surface area contributed by atoms with Crippen LogP contribution in [0.2, 0.25) is 0 Å². The number of carboxylic acids is 1. The number of rotatable bonds is 10. The summed E-state index contributed by atoms with van der Waals surface area (Å²) < 4.78 is 59.0. The molecule has 0 saturated heterocycles. The highest BCUT2D eigenvalue weighted by atomic mass is 32.1. The number of ether oxygens (including phenoxy) is 4. The van der Waals surface area contributed by atoms with E-state index in [1.165, 1.54) is 36.6 Å². The van der Waals surface area contributed by atoms with Crippen LogP contribution in [0.3, 0.4) is 0 Å². The van der Waals surface area contributed by atoms with Gasteiger partial charge in [0.25, 0.3) is 0 Å². The van der Waals surface area contributed by atoms with E-state index >= 15 is 0 Å². The van der Waals surface area contributed by atoms with Gasteiger partial charge in [-0.1, -0.05) is 24.3 Å². The highest BCUT2D eigenvalue weighted by Crippen LogP contribution is 2.40. The molecular formula is C27H22F3NO6S. The number of hydrogen-bond donors (Lipinski definition) is 1. The maximum atomic E-state index is 12.8. The van der Waals surface area contributed by atoms with E-state index in [1.807, 2.05) is 6.07 Å². The molecule has 38 heavy (non-hydrogen) atoms. The summed E-state index contributed by atoms with van der Waals surface area (Å²) in [6.45, 7) is 1.41. The van der Waals surface area contributed by atoms with Gasteiger partial charge in [-0.25, -0.2) is 9.78 Å². The van der Waals surface area contributed by atoms with Crippen molar-refractivity contribution in [1.82, 2.24) is 4.98 Å². The van der Waals surface area contributed by atoms with E-state index in [0.29, 0.717) is 44.0 Å². The molecule has 3 aromatic carbocycles. The van der Waals surface area contributed by atoms with Crippen LogP contribution < -0.4 is 18.9 Å². The Morgan fingerprint density at radius 1 is 0.947 bits per heavy atom. The van der Waals surface area contributed by atoms with Crippen molar-refractivity contribution in [2.75, 3.05) is 13.7 Å². The normalized spacial score (nSPS) is 11.2. The van der Waals surface area contributed by atoms with Gasteiger partial charge in [-0.05, 0) is 60.5 Å². The predicted octanol–water partition coefficient (Wildman–Crippen LogP) is 6.74. The molecule has 0 bridgehead atoms. The molecule has 1 N–H and O–H groups in total. The number of nitrogens with zero attached hydrogens (tertiary/aromatic N) is 1. The van der Waals surface area contributed by atoms with Crippen LogP contribution in [0.25, 0.3) is 21.7 Å². The predicted molar refractivity (Wildman–Crippen MR) is 135 cm³/mol. The van der Waals surface area contributed by atoms with E-state index in [0.717, 1.165) is 5.56 Å². The lowest BCUT2D eigenvalue weighted by Gasteiger charge is -2.10. The van der Waals surface area contributed by atoms with Crippen LogP contribution in [0.15, 0.2) is 66.7 Å². The van der Waals surface area contributed by atoms with Gasteiger partial charge in [0.15, 0.2) is 6.61 Å². The lowest BCUT2D eigenvalue weighted by molar-refractivity contribution is -0.274. The summed E-state index contributed by atoms with van der Waals surface area (Å²) in [5.41, 5.74) is 2.48. The van der Waals surface area contributed by atoms with Crippen LogP contribution in [0, 0.1) is 6.92 Å². The molecule has 4 aromatic rings. The highest BCUT2D eigenvalue weighted by Gasteiger charge is 2.31. The number of aliphatic carboxylic acids is 1. The number of alkyl halides is 3. The lowest BCUT2D eigenvalue weighted by Crippen LogP contribution is -2.17. The standard InChI is InChI=1S/C27H22F3NO6S/c1-16-11-20(9-10-22(16)36-15-24(32)33)35-14-23-31-25(17-5-3-7-19(12-17)34-2)26(38-23)18-6-4-8-21(13-18)37-27(28,29)30/h3-13H,14-15H2,1-2H3,(H,32,33). The molecule has 0 unspecified atom stereocenters. The number of halogens is 3. The first kappa shape index (κ1) is 26.8. The number of benzene rings is 3. The third-order valence-electron chi connectivity index (χ3n) is 5.20. The SMILES string of the molecule is COc1cccc(-c2nc(COc3ccc(OCC(=O)O)c(C)c3)sc2-c2cccc(OC(F)(F)F)c2)c1. The third-order valence-corrected chi connectivity index (χ3v) is 6.28. The van der Waals surface area contributed by atoms with Crippen molar-refractivity contribution >= 4 is 17.3 Å². The highest BCUT2D eigenvalue weighted by molar-refractivity contribution is 7.15. The first-order chi connectivity index (χ1) is 18.1. The van der Waals surface area contributed by atoms with E-state index in [-0.39, 0.29) is 12.4 Å². The summed E-state index contributed by atoms with van der Waals surface area (Å²) >= 11 is 1.28. The van der Waals surface area contributed by atoms with E-state index in [9.17, 15) is 18.0 Å². The van der Waals surface area contributed by atoms with Crippen LogP contribution in [-0.4, -0.2) is 36.1 Å². The van der Waals surface area contributed by atoms with Crippen LogP contribution in [0.4, 0.5) is 13.2 Å². The minimum absolute atomic E-state index is 0.0924. The molecule has 0 spiro atoms. The second-order valence-electron chi connectivity index (χ2n) is 7.99. The number of aryl methyl sites for hydroxylation is 1. The van der Waals surface area contributed by atoms with Crippen LogP contribution in [0.1, 0.15) is 10.6 Å². The Morgan fingerprint density at radius 3 is 2.34 bits per heavy atom. The third kappa shape index (κ3) is 6.94. The van der Waals surface area contributed by atoms with Crippen molar-refractivity contribution in [2.24, 2.45) is 0 Å². The monoisotopic (exact) mass is 545 g/mol. The van der Waals surface area contributed by atoms with Crippen LogP contribution >= 0.6 is 11.3 Å². The second-order valence-corrected chi connectivity index (χ2v) is 9.07. The lowest BCUT2D eigenvalue weighted by atomic mass is 10.1. The number of aromatic nitrogens is 1. The molecule has 0 amide bonds. The smallest absolute Gasteiger partial charge is 0.497 e. The number of hydrogen-bond acceptors (Lipinski definition) is 7. The summed E-state index contributed by atoms with van der Waals surface area (Å²) in [7, 11) is 1.54. The average molecular weight is 546 g/mol. The maximum Gasteiger partial charge on any atom is 0.573 e. The fourth-order valence-electron chi connectivity index (χ4n) is 3.58. The van der Waals surface area contributed by atoms with Gasteiger partial charge in [0.1, 0.15) is 34.6 Å². The Kier molecular flexibility index (Phi) is 8.06. The zero-order valence-corrected chi connectivity index (χ0v) is 21.1. The van der Waals surface area contributed by atoms with Crippen molar-refractivity contribution in [2.45, 2.75) is 19.9 Å². The molecule has 7 nitrogen and oxygen atoms in total. The Bertz CT molecular complexity index is 1440. The molecule has 0 aliphatic heterocycles. The van der Waals surface area contributed by atoms with Crippen molar-refractivity contribution < 1.29 is 42.0 Å². The largest absolute Gasteiger partial charge is 0.573 e. The molecule has 0 aliphatic rings. The van der Waals surface area contributed by atoms with Crippen LogP contribution in [-0.2, 0) is 11.4 Å². The Balaban J connectivity index is 1.63. The van der Waals surface area contributed by atoms with E-state index < -0.39 is 18.9 Å². The summed E-state index contributed by atoms with van der Waals surface area (Å²) in [4.78, 5) is 16.1. The molecule has 0 saturated carbocycles. The molecule has 11 heteroatoms. The minimum atomic E-state index is -4.81. The van der Waals surface area contributed by atoms with Gasteiger partial charge < -0.3 is 24.1 Å². The summed E-state index contributed by atoms with van der Waals surface area (Å²) in [5, 5.41) is 9.38. The van der Waals surface area contributed by atoms with Crippen molar-refractivity contribution in [3.63, 3.8) is 0 Å². The van der Waals surface area contributed by atoms with Crippen molar-refractivity contribution in [3.8, 4) is 44.7 Å². The molecule has 1 heterocycles. The number of thiazole rings is 1. The van der Waals surface area contributed by atoms with E-state index in [2.05, 4.69) is 4.74 Å². The Labute approximate surface area is 220 Å². The molecule has 0 radical (unpaired) electrons. The summed E-state index contributed by atoms with van der Waals surface area (Å²) in [5.74, 6) is 0.141. The molecule has 1 aromatic heterocycles. The molecule has 4 rings (SSSR count). The van der Waals surface area contributed by atoms with Crippen molar-refractivity contribution in [1.29, 1.82) is 0 Å². The fraction of sp³-hybridized carbons (Fsp3) is 0.185. The average Bonchev–Trinajstić information content (AvgIpc) is 3.30. The molecule has 0 atom stereocenters. The first-order valence-electron chi connectivity index (χ1n) is 11.2. The van der Waals surface area contributed by atoms with Gasteiger partial charge in [-0.3, -0.25) is 0 Å². The maximum absolute atomic E-state index is 12.8. The van der Waals surface area contributed by atoms with Crippen LogP contribution in [0.5, 0.6) is 23.0 Å².